The maximum absolute atomic E-state index is 12.7. The molecule has 124 valence electrons. The zero-order valence-corrected chi connectivity index (χ0v) is 13.6. The van der Waals surface area contributed by atoms with Crippen molar-refractivity contribution in [3.63, 3.8) is 0 Å². The van der Waals surface area contributed by atoms with Gasteiger partial charge in [-0.05, 0) is 23.8 Å². The molecule has 0 spiro atoms. The fourth-order valence-corrected chi connectivity index (χ4v) is 3.96. The Morgan fingerprint density at radius 1 is 1.22 bits per heavy atom. The van der Waals surface area contributed by atoms with E-state index >= 15 is 0 Å². The minimum absolute atomic E-state index is 0.377. The Bertz CT molecular complexity index is 642. The molecule has 3 rings (SSSR count). The second kappa shape index (κ2) is 6.47. The number of benzene rings is 1. The van der Waals surface area contributed by atoms with Gasteiger partial charge in [0.25, 0.3) is 0 Å². The van der Waals surface area contributed by atoms with E-state index in [1.54, 1.807) is 0 Å². The first-order valence-electron chi connectivity index (χ1n) is 7.69. The summed E-state index contributed by atoms with van der Waals surface area (Å²) in [6, 6.07) is 10.3. The molecule has 1 aromatic heterocycles. The van der Waals surface area contributed by atoms with Crippen LogP contribution < -0.4 is 4.90 Å². The van der Waals surface area contributed by atoms with Crippen molar-refractivity contribution in [1.29, 1.82) is 0 Å². The average molecular weight is 341 g/mol. The topological polar surface area (TPSA) is 29.0 Å². The monoisotopic (exact) mass is 341 g/mol. The Balaban J connectivity index is 1.75. The summed E-state index contributed by atoms with van der Waals surface area (Å²) < 4.78 is 38.1. The molecule has 1 aromatic carbocycles. The number of anilines is 1. The maximum Gasteiger partial charge on any atom is 0.445 e. The van der Waals surface area contributed by atoms with Gasteiger partial charge in [0.1, 0.15) is 0 Å². The Morgan fingerprint density at radius 2 is 1.96 bits per heavy atom. The second-order valence-electron chi connectivity index (χ2n) is 5.81. The molecule has 1 saturated heterocycles. The highest BCUT2D eigenvalue weighted by Crippen LogP contribution is 2.39. The molecule has 23 heavy (non-hydrogen) atoms. The lowest BCUT2D eigenvalue weighted by Gasteiger charge is -2.38. The largest absolute Gasteiger partial charge is 0.445 e. The lowest BCUT2D eigenvalue weighted by atomic mass is 9.79. The molecule has 7 heteroatoms. The van der Waals surface area contributed by atoms with Gasteiger partial charge in [0.2, 0.25) is 10.1 Å². The Morgan fingerprint density at radius 3 is 2.57 bits per heavy atom. The summed E-state index contributed by atoms with van der Waals surface area (Å²) in [5.74, 6) is 0.858. The molecule has 2 unspecified atom stereocenters. The van der Waals surface area contributed by atoms with Gasteiger partial charge in [0.15, 0.2) is 0 Å². The molecule has 0 radical (unpaired) electrons. The molecule has 0 amide bonds. The molecule has 0 aliphatic carbocycles. The van der Waals surface area contributed by atoms with Gasteiger partial charge in [-0.25, -0.2) is 0 Å². The highest BCUT2D eigenvalue weighted by Gasteiger charge is 2.37. The van der Waals surface area contributed by atoms with Crippen molar-refractivity contribution in [3.05, 3.63) is 40.9 Å². The quantitative estimate of drug-likeness (QED) is 0.818. The highest BCUT2D eigenvalue weighted by atomic mass is 32.1. The summed E-state index contributed by atoms with van der Waals surface area (Å²) in [6.45, 7) is 3.57. The molecule has 1 fully saturated rings. The molecular weight excluding hydrogens is 323 g/mol. The summed E-state index contributed by atoms with van der Waals surface area (Å²) in [5.41, 5.74) is 1.31. The zero-order chi connectivity index (χ0) is 16.4. The second-order valence-corrected chi connectivity index (χ2v) is 6.76. The van der Waals surface area contributed by atoms with Crippen LogP contribution in [0.3, 0.4) is 0 Å². The van der Waals surface area contributed by atoms with Crippen LogP contribution in [0.2, 0.25) is 0 Å². The van der Waals surface area contributed by atoms with Crippen LogP contribution in [0.1, 0.15) is 36.3 Å². The first-order chi connectivity index (χ1) is 11.0. The molecule has 0 saturated carbocycles. The van der Waals surface area contributed by atoms with E-state index in [1.807, 2.05) is 23.1 Å². The number of piperidine rings is 1. The van der Waals surface area contributed by atoms with E-state index in [2.05, 4.69) is 29.3 Å². The van der Waals surface area contributed by atoms with Crippen LogP contribution in [0.4, 0.5) is 18.3 Å². The number of hydrogen-bond donors (Lipinski definition) is 0. The first kappa shape index (κ1) is 16.2. The number of rotatable bonds is 3. The van der Waals surface area contributed by atoms with Crippen molar-refractivity contribution in [2.45, 2.75) is 31.9 Å². The lowest BCUT2D eigenvalue weighted by Crippen LogP contribution is -2.39. The van der Waals surface area contributed by atoms with Gasteiger partial charge in [-0.15, -0.1) is 10.2 Å². The molecule has 0 N–H and O–H groups in total. The van der Waals surface area contributed by atoms with Crippen molar-refractivity contribution in [3.8, 4) is 0 Å². The number of hydrogen-bond acceptors (Lipinski definition) is 4. The number of halogens is 3. The van der Waals surface area contributed by atoms with Gasteiger partial charge in [-0.1, -0.05) is 55.0 Å². The van der Waals surface area contributed by atoms with Crippen LogP contribution in [-0.2, 0) is 6.18 Å². The Hall–Kier alpha value is -1.63. The third kappa shape index (κ3) is 3.49. The summed E-state index contributed by atoms with van der Waals surface area (Å²) >= 11 is 0.635. The van der Waals surface area contributed by atoms with E-state index in [1.165, 1.54) is 5.56 Å². The normalized spacial score (nSPS) is 22.3. The molecule has 3 nitrogen and oxygen atoms in total. The van der Waals surface area contributed by atoms with Gasteiger partial charge in [0, 0.05) is 13.1 Å². The third-order valence-electron chi connectivity index (χ3n) is 4.41. The predicted molar refractivity (Wildman–Crippen MR) is 84.7 cm³/mol. The van der Waals surface area contributed by atoms with Crippen LogP contribution in [0.25, 0.3) is 0 Å². The molecule has 2 atom stereocenters. The number of aromatic nitrogens is 2. The van der Waals surface area contributed by atoms with Crippen LogP contribution in [0.15, 0.2) is 30.3 Å². The number of alkyl halides is 3. The van der Waals surface area contributed by atoms with E-state index in [-0.39, 0.29) is 0 Å². The first-order valence-corrected chi connectivity index (χ1v) is 8.51. The Labute approximate surface area is 137 Å². The van der Waals surface area contributed by atoms with Gasteiger partial charge < -0.3 is 4.90 Å². The van der Waals surface area contributed by atoms with Gasteiger partial charge in [-0.2, -0.15) is 13.2 Å². The fourth-order valence-electron chi connectivity index (χ4n) is 3.22. The van der Waals surface area contributed by atoms with Crippen molar-refractivity contribution in [1.82, 2.24) is 10.2 Å². The molecule has 1 aliphatic rings. The van der Waals surface area contributed by atoms with Crippen LogP contribution in [0, 0.1) is 5.92 Å². The van der Waals surface area contributed by atoms with Gasteiger partial charge >= 0.3 is 6.18 Å². The molecule has 1 aliphatic heterocycles. The minimum atomic E-state index is -4.41. The van der Waals surface area contributed by atoms with E-state index in [0.29, 0.717) is 34.8 Å². The summed E-state index contributed by atoms with van der Waals surface area (Å²) in [4.78, 5) is 1.94. The SMILES string of the molecule is CCC1CN(c2nnc(C(F)(F)F)s2)CCC1c1ccccc1. The molecule has 2 heterocycles. The van der Waals surface area contributed by atoms with Crippen LogP contribution in [0.5, 0.6) is 0 Å². The van der Waals surface area contributed by atoms with Crippen LogP contribution in [-0.4, -0.2) is 23.3 Å². The highest BCUT2D eigenvalue weighted by molar-refractivity contribution is 7.15. The zero-order valence-electron chi connectivity index (χ0n) is 12.8. The van der Waals surface area contributed by atoms with Gasteiger partial charge in [-0.3, -0.25) is 0 Å². The maximum atomic E-state index is 12.7. The fraction of sp³-hybridized carbons (Fsp3) is 0.500. The summed E-state index contributed by atoms with van der Waals surface area (Å²) in [5, 5.41) is 6.55. The standard InChI is InChI=1S/C16H18F3N3S/c1-2-11-10-22(15-21-20-14(23-15)16(17,18)19)9-8-13(11)12-6-4-3-5-7-12/h3-7,11,13H,2,8-10H2,1H3. The van der Waals surface area contributed by atoms with Crippen molar-refractivity contribution < 1.29 is 13.2 Å². The van der Waals surface area contributed by atoms with Crippen molar-refractivity contribution in [2.24, 2.45) is 5.92 Å². The van der Waals surface area contributed by atoms with Crippen molar-refractivity contribution in [2.75, 3.05) is 18.0 Å². The average Bonchev–Trinajstić information content (AvgIpc) is 3.05. The predicted octanol–water partition coefficient (Wildman–Crippen LogP) is 4.58. The Kier molecular flexibility index (Phi) is 4.57. The molecule has 2 aromatic rings. The van der Waals surface area contributed by atoms with E-state index in [9.17, 15) is 13.2 Å². The van der Waals surface area contributed by atoms with Crippen molar-refractivity contribution >= 4 is 16.5 Å². The van der Waals surface area contributed by atoms with Crippen LogP contribution >= 0.6 is 11.3 Å². The third-order valence-corrected chi connectivity index (χ3v) is 5.44. The van der Waals surface area contributed by atoms with E-state index in [4.69, 9.17) is 0 Å². The molecule has 0 bridgehead atoms. The van der Waals surface area contributed by atoms with E-state index < -0.39 is 11.2 Å². The summed E-state index contributed by atoms with van der Waals surface area (Å²) in [6.07, 6.45) is -2.51. The lowest BCUT2D eigenvalue weighted by molar-refractivity contribution is -0.138. The summed E-state index contributed by atoms with van der Waals surface area (Å²) in [7, 11) is 0. The smallest absolute Gasteiger partial charge is 0.346 e. The minimum Gasteiger partial charge on any atom is -0.346 e. The molecular formula is C16H18F3N3S. The van der Waals surface area contributed by atoms with E-state index in [0.717, 1.165) is 19.4 Å². The van der Waals surface area contributed by atoms with Gasteiger partial charge in [0.05, 0.1) is 0 Å². The number of nitrogens with zero attached hydrogens (tertiary/aromatic N) is 3.